The van der Waals surface area contributed by atoms with Gasteiger partial charge in [-0.15, -0.1) is 0 Å². The van der Waals surface area contributed by atoms with Gasteiger partial charge in [-0.2, -0.15) is 0 Å². The largest absolute Gasteiger partial charge is 0.494 e. The molecule has 0 unspecified atom stereocenters. The first-order chi connectivity index (χ1) is 21.7. The molecule has 1 aromatic carbocycles. The molecule has 1 aliphatic rings. The number of carbonyl (C=O) groups excluding carboxylic acids is 1. The molecule has 0 aliphatic carbocycles. The Morgan fingerprint density at radius 2 is 1.42 bits per heavy atom. The van der Waals surface area contributed by atoms with Crippen LogP contribution in [-0.4, -0.2) is 105 Å². The van der Waals surface area contributed by atoms with E-state index in [0.717, 1.165) is 31.2 Å². The first-order valence-electron chi connectivity index (χ1n) is 17.0. The Hall–Kier alpha value is -1.83. The van der Waals surface area contributed by atoms with Crippen LogP contribution in [-0.2, 0) is 20.7 Å². The van der Waals surface area contributed by atoms with E-state index in [4.69, 9.17) is 14.2 Å². The van der Waals surface area contributed by atoms with Crippen LogP contribution >= 0.6 is 0 Å². The highest BCUT2D eigenvalue weighted by atomic mass is 16.7. The van der Waals surface area contributed by atoms with Gasteiger partial charge in [0.1, 0.15) is 36.3 Å². The summed E-state index contributed by atoms with van der Waals surface area (Å²) in [6.07, 6.45) is 4.55. The molecule has 1 aromatic rings. The lowest BCUT2D eigenvalue weighted by atomic mass is 9.98. The lowest BCUT2D eigenvalue weighted by Gasteiger charge is -2.40. The van der Waals surface area contributed by atoms with E-state index in [0.29, 0.717) is 18.8 Å². The van der Waals surface area contributed by atoms with E-state index >= 15 is 0 Å². The number of aliphatic hydroxyl groups excluding tert-OH is 6. The van der Waals surface area contributed by atoms with Crippen molar-refractivity contribution >= 4 is 5.91 Å². The summed E-state index contributed by atoms with van der Waals surface area (Å²) >= 11 is 0. The molecule has 45 heavy (non-hydrogen) atoms. The van der Waals surface area contributed by atoms with Crippen LogP contribution in [0.25, 0.3) is 0 Å². The number of carbonyl (C=O) groups is 1. The van der Waals surface area contributed by atoms with Crippen LogP contribution in [0.1, 0.15) is 103 Å². The van der Waals surface area contributed by atoms with Gasteiger partial charge in [-0.1, -0.05) is 96.1 Å². The first kappa shape index (κ1) is 39.3. The van der Waals surface area contributed by atoms with Crippen molar-refractivity contribution in [3.8, 4) is 5.75 Å². The summed E-state index contributed by atoms with van der Waals surface area (Å²) in [5.74, 6) is 0.266. The average molecular weight is 642 g/mol. The fourth-order valence-corrected chi connectivity index (χ4v) is 5.58. The third-order valence-corrected chi connectivity index (χ3v) is 8.39. The number of nitrogens with one attached hydrogen (secondary N) is 1. The molecule has 7 N–H and O–H groups in total. The Balaban J connectivity index is 1.88. The third-order valence-electron chi connectivity index (χ3n) is 8.39. The van der Waals surface area contributed by atoms with Crippen molar-refractivity contribution < 1.29 is 49.6 Å². The number of benzene rings is 1. The van der Waals surface area contributed by atoms with Crippen molar-refractivity contribution in [3.05, 3.63) is 29.8 Å². The number of amides is 1. The van der Waals surface area contributed by atoms with Gasteiger partial charge < -0.3 is 50.2 Å². The molecular formula is C34H59NO10. The van der Waals surface area contributed by atoms with Crippen LogP contribution in [0.15, 0.2) is 24.3 Å². The summed E-state index contributed by atoms with van der Waals surface area (Å²) in [4.78, 5) is 13.0. The van der Waals surface area contributed by atoms with Crippen molar-refractivity contribution in [1.29, 1.82) is 0 Å². The molecule has 1 aliphatic heterocycles. The standard InChI is InChI=1S/C34H59NO10/c1-3-5-6-7-8-9-10-11-12-13-14-15-16-27(37)30(39)26(23-44-34-33(42)32(41)31(40)28(22-36)45-34)35-29(38)21-24-17-19-25(20-18-24)43-4-2/h17-20,26-28,30-34,36-37,39-42H,3-16,21-23H2,1-2H3,(H,35,38)/t26-,27+,28+,30-,31-,32-,33+,34-/m0/s1. The van der Waals surface area contributed by atoms with Gasteiger partial charge in [0.05, 0.1) is 38.4 Å². The van der Waals surface area contributed by atoms with Gasteiger partial charge in [0, 0.05) is 0 Å². The maximum Gasteiger partial charge on any atom is 0.224 e. The third kappa shape index (κ3) is 14.6. The highest BCUT2D eigenvalue weighted by molar-refractivity contribution is 5.79. The SMILES string of the molecule is CCCCCCCCCCCCCC[C@@H](O)[C@@H](O)[C@H](CO[C@H]1O[C@H](CO)[C@H](O)[C@H](O)[C@H]1O)NC(=O)Cc1ccc(OCC)cc1. The quantitative estimate of drug-likeness (QED) is 0.0831. The zero-order valence-corrected chi connectivity index (χ0v) is 27.3. The van der Waals surface area contributed by atoms with Crippen LogP contribution in [0.5, 0.6) is 5.75 Å². The summed E-state index contributed by atoms with van der Waals surface area (Å²) in [7, 11) is 0. The monoisotopic (exact) mass is 641 g/mol. The molecule has 1 saturated heterocycles. The van der Waals surface area contributed by atoms with Crippen LogP contribution in [0.2, 0.25) is 0 Å². The van der Waals surface area contributed by atoms with Crippen LogP contribution < -0.4 is 10.1 Å². The van der Waals surface area contributed by atoms with E-state index in [2.05, 4.69) is 12.2 Å². The second-order valence-electron chi connectivity index (χ2n) is 12.2. The Morgan fingerprint density at radius 1 is 0.844 bits per heavy atom. The lowest BCUT2D eigenvalue weighted by molar-refractivity contribution is -0.303. The van der Waals surface area contributed by atoms with Crippen LogP contribution in [0.3, 0.4) is 0 Å². The van der Waals surface area contributed by atoms with E-state index in [1.54, 1.807) is 24.3 Å². The molecular weight excluding hydrogens is 582 g/mol. The first-order valence-corrected chi connectivity index (χ1v) is 17.0. The second-order valence-corrected chi connectivity index (χ2v) is 12.2. The molecule has 1 fully saturated rings. The minimum atomic E-state index is -1.63. The van der Waals surface area contributed by atoms with E-state index in [1.165, 1.54) is 51.4 Å². The summed E-state index contributed by atoms with van der Waals surface area (Å²) < 4.78 is 16.5. The summed E-state index contributed by atoms with van der Waals surface area (Å²) in [5.41, 5.74) is 0.719. The zero-order valence-electron chi connectivity index (χ0n) is 27.3. The van der Waals surface area contributed by atoms with Crippen LogP contribution in [0.4, 0.5) is 0 Å². The van der Waals surface area contributed by atoms with Crippen molar-refractivity contribution in [3.63, 3.8) is 0 Å². The van der Waals surface area contributed by atoms with Gasteiger partial charge in [0.15, 0.2) is 6.29 Å². The smallest absolute Gasteiger partial charge is 0.224 e. The summed E-state index contributed by atoms with van der Waals surface area (Å²) in [6, 6.07) is 5.99. The molecule has 1 amide bonds. The molecule has 260 valence electrons. The Morgan fingerprint density at radius 3 is 1.98 bits per heavy atom. The van der Waals surface area contributed by atoms with E-state index in [-0.39, 0.29) is 13.0 Å². The number of aliphatic hydroxyl groups is 6. The fraction of sp³-hybridized carbons (Fsp3) is 0.794. The maximum atomic E-state index is 13.0. The molecule has 0 spiro atoms. The van der Waals surface area contributed by atoms with Gasteiger partial charge in [0.25, 0.3) is 0 Å². The predicted molar refractivity (Wildman–Crippen MR) is 171 cm³/mol. The van der Waals surface area contributed by atoms with Crippen molar-refractivity contribution in [2.24, 2.45) is 0 Å². The lowest BCUT2D eigenvalue weighted by Crippen LogP contribution is -2.60. The Labute approximate surface area is 268 Å². The maximum absolute atomic E-state index is 13.0. The minimum absolute atomic E-state index is 0.00447. The Kier molecular flexibility index (Phi) is 19.8. The minimum Gasteiger partial charge on any atom is -0.494 e. The molecule has 11 heteroatoms. The van der Waals surface area contributed by atoms with Crippen LogP contribution in [0, 0.1) is 0 Å². The molecule has 0 aromatic heterocycles. The molecule has 8 atom stereocenters. The van der Waals surface area contributed by atoms with Gasteiger partial charge >= 0.3 is 0 Å². The average Bonchev–Trinajstić information content (AvgIpc) is 3.03. The molecule has 2 rings (SSSR count). The molecule has 0 radical (unpaired) electrons. The van der Waals surface area contributed by atoms with E-state index < -0.39 is 61.5 Å². The Bertz CT molecular complexity index is 901. The molecule has 0 saturated carbocycles. The van der Waals surface area contributed by atoms with Crippen molar-refractivity contribution in [2.75, 3.05) is 19.8 Å². The topological polar surface area (TPSA) is 178 Å². The highest BCUT2D eigenvalue weighted by Gasteiger charge is 2.44. The predicted octanol–water partition coefficient (Wildman–Crippen LogP) is 2.74. The summed E-state index contributed by atoms with van der Waals surface area (Å²) in [6.45, 7) is 3.65. The number of ether oxygens (including phenoxy) is 3. The number of rotatable bonds is 24. The van der Waals surface area contributed by atoms with Gasteiger partial charge in [-0.25, -0.2) is 0 Å². The highest BCUT2D eigenvalue weighted by Crippen LogP contribution is 2.23. The van der Waals surface area contributed by atoms with Gasteiger partial charge in [0.2, 0.25) is 5.91 Å². The van der Waals surface area contributed by atoms with Gasteiger partial charge in [-0.3, -0.25) is 4.79 Å². The number of unbranched alkanes of at least 4 members (excludes halogenated alkanes) is 11. The van der Waals surface area contributed by atoms with Crippen molar-refractivity contribution in [2.45, 2.75) is 153 Å². The number of hydrogen-bond donors (Lipinski definition) is 7. The van der Waals surface area contributed by atoms with Crippen molar-refractivity contribution in [1.82, 2.24) is 5.32 Å². The summed E-state index contributed by atoms with van der Waals surface area (Å²) in [5, 5.41) is 64.6. The molecule has 1 heterocycles. The molecule has 11 nitrogen and oxygen atoms in total. The fourth-order valence-electron chi connectivity index (χ4n) is 5.58. The number of hydrogen-bond acceptors (Lipinski definition) is 10. The second kappa shape index (κ2) is 22.7. The van der Waals surface area contributed by atoms with Gasteiger partial charge in [-0.05, 0) is 31.0 Å². The molecule has 0 bridgehead atoms. The van der Waals surface area contributed by atoms with E-state index in [9.17, 15) is 35.4 Å². The van der Waals surface area contributed by atoms with E-state index in [1.807, 2.05) is 6.92 Å². The zero-order chi connectivity index (χ0) is 33.0. The normalized spacial score (nSPS) is 23.8.